The van der Waals surface area contributed by atoms with E-state index in [0.29, 0.717) is 5.41 Å². The molecule has 4 heteroatoms. The molecule has 1 atom stereocenters. The molecule has 0 N–H and O–H groups in total. The molecular weight excluding hydrogens is 312 g/mol. The first-order chi connectivity index (χ1) is 12.0. The fraction of sp³-hybridized carbons (Fsp3) is 0.714. The highest BCUT2D eigenvalue weighted by Gasteiger charge is 2.34. The number of hydrogen-bond acceptors (Lipinski definition) is 4. The van der Waals surface area contributed by atoms with E-state index >= 15 is 0 Å². The summed E-state index contributed by atoms with van der Waals surface area (Å²) < 4.78 is 11.5. The number of ether oxygens (including phenoxy) is 2. The summed E-state index contributed by atoms with van der Waals surface area (Å²) in [6, 6.07) is 8.48. The first-order valence-corrected chi connectivity index (χ1v) is 9.73. The summed E-state index contributed by atoms with van der Waals surface area (Å²) >= 11 is 0. The van der Waals surface area contributed by atoms with Gasteiger partial charge < -0.3 is 14.4 Å². The number of nitrogens with zero attached hydrogens (tertiary/aromatic N) is 2. The van der Waals surface area contributed by atoms with E-state index in [-0.39, 0.29) is 0 Å². The second-order valence-corrected chi connectivity index (χ2v) is 8.48. The zero-order valence-corrected chi connectivity index (χ0v) is 16.2. The third-order valence-corrected chi connectivity index (χ3v) is 5.37. The van der Waals surface area contributed by atoms with Gasteiger partial charge in [0.2, 0.25) is 0 Å². The van der Waals surface area contributed by atoms with E-state index in [2.05, 4.69) is 55.0 Å². The summed E-state index contributed by atoms with van der Waals surface area (Å²) in [5, 5.41) is 0. The van der Waals surface area contributed by atoms with E-state index in [4.69, 9.17) is 9.47 Å². The Bertz CT molecular complexity index is 544. The molecule has 0 spiro atoms. The molecule has 25 heavy (non-hydrogen) atoms. The smallest absolute Gasteiger partial charge is 0.123 e. The Balaban J connectivity index is 1.48. The van der Waals surface area contributed by atoms with Crippen molar-refractivity contribution in [1.82, 2.24) is 9.80 Å². The Morgan fingerprint density at radius 2 is 2.12 bits per heavy atom. The van der Waals surface area contributed by atoms with E-state index in [9.17, 15) is 0 Å². The van der Waals surface area contributed by atoms with E-state index in [1.807, 2.05) is 0 Å². The van der Waals surface area contributed by atoms with Crippen LogP contribution in [0.25, 0.3) is 0 Å². The Hall–Kier alpha value is -1.10. The monoisotopic (exact) mass is 346 g/mol. The third-order valence-electron chi connectivity index (χ3n) is 5.37. The van der Waals surface area contributed by atoms with Gasteiger partial charge in [0, 0.05) is 37.2 Å². The predicted octanol–water partition coefficient (Wildman–Crippen LogP) is 3.27. The fourth-order valence-corrected chi connectivity index (χ4v) is 4.09. The van der Waals surface area contributed by atoms with Gasteiger partial charge in [-0.3, -0.25) is 4.90 Å². The minimum atomic E-state index is 0.315. The van der Waals surface area contributed by atoms with Gasteiger partial charge in [0.05, 0.1) is 13.2 Å². The first-order valence-electron chi connectivity index (χ1n) is 9.73. The van der Waals surface area contributed by atoms with Crippen molar-refractivity contribution >= 4 is 0 Å². The van der Waals surface area contributed by atoms with Crippen molar-refractivity contribution in [2.24, 2.45) is 11.3 Å². The van der Waals surface area contributed by atoms with Crippen LogP contribution in [-0.4, -0.2) is 62.8 Å². The summed E-state index contributed by atoms with van der Waals surface area (Å²) in [5.74, 6) is 1.86. The highest BCUT2D eigenvalue weighted by molar-refractivity contribution is 5.33. The van der Waals surface area contributed by atoms with Crippen molar-refractivity contribution in [2.45, 2.75) is 33.2 Å². The molecule has 0 radical (unpaired) electrons. The van der Waals surface area contributed by atoms with Gasteiger partial charge in [0.15, 0.2) is 0 Å². The second kappa shape index (κ2) is 8.52. The summed E-state index contributed by atoms with van der Waals surface area (Å²) in [6.45, 7) is 12.6. The van der Waals surface area contributed by atoms with Crippen molar-refractivity contribution < 1.29 is 9.47 Å². The van der Waals surface area contributed by atoms with Crippen LogP contribution in [0, 0.1) is 11.3 Å². The van der Waals surface area contributed by atoms with Gasteiger partial charge >= 0.3 is 0 Å². The number of benzene rings is 1. The van der Waals surface area contributed by atoms with Gasteiger partial charge in [0.25, 0.3) is 0 Å². The highest BCUT2D eigenvalue weighted by atomic mass is 16.5. The second-order valence-electron chi connectivity index (χ2n) is 8.48. The molecule has 2 saturated heterocycles. The van der Waals surface area contributed by atoms with E-state index in [1.165, 1.54) is 31.5 Å². The number of hydrogen-bond donors (Lipinski definition) is 0. The average Bonchev–Trinajstić information content (AvgIpc) is 2.55. The van der Waals surface area contributed by atoms with Crippen LogP contribution in [0.15, 0.2) is 24.3 Å². The van der Waals surface area contributed by atoms with Crippen molar-refractivity contribution in [3.05, 3.63) is 29.8 Å². The van der Waals surface area contributed by atoms with Gasteiger partial charge in [-0.25, -0.2) is 0 Å². The molecule has 140 valence electrons. The SMILES string of the molecule is CC1CCCN(CCOc2ccccc2CN(C)CC2(C)COC2)C1. The first kappa shape index (κ1) is 18.7. The van der Waals surface area contributed by atoms with Gasteiger partial charge in [-0.05, 0) is 38.4 Å². The predicted molar refractivity (Wildman–Crippen MR) is 102 cm³/mol. The quantitative estimate of drug-likeness (QED) is 0.721. The standard InChI is InChI=1S/C21H34N2O2/c1-18-7-6-10-23(13-18)11-12-25-20-9-5-4-8-19(20)14-22(3)15-21(2)16-24-17-21/h4-5,8-9,18H,6-7,10-17H2,1-3H3. The van der Waals surface area contributed by atoms with E-state index in [1.54, 1.807) is 0 Å². The third kappa shape index (κ3) is 5.44. The Labute approximate surface area is 153 Å². The van der Waals surface area contributed by atoms with Gasteiger partial charge in [0.1, 0.15) is 12.4 Å². The Morgan fingerprint density at radius 3 is 2.84 bits per heavy atom. The van der Waals surface area contributed by atoms with Crippen LogP contribution in [0.2, 0.25) is 0 Å². The molecule has 2 heterocycles. The fourth-order valence-electron chi connectivity index (χ4n) is 4.09. The van der Waals surface area contributed by atoms with Crippen molar-refractivity contribution in [2.75, 3.05) is 53.0 Å². The zero-order chi connectivity index (χ0) is 17.7. The highest BCUT2D eigenvalue weighted by Crippen LogP contribution is 2.28. The maximum absolute atomic E-state index is 6.15. The molecule has 2 fully saturated rings. The zero-order valence-electron chi connectivity index (χ0n) is 16.2. The summed E-state index contributed by atoms with van der Waals surface area (Å²) in [4.78, 5) is 4.93. The van der Waals surface area contributed by atoms with Crippen LogP contribution >= 0.6 is 0 Å². The Morgan fingerprint density at radius 1 is 1.32 bits per heavy atom. The molecule has 1 aromatic rings. The topological polar surface area (TPSA) is 24.9 Å². The largest absolute Gasteiger partial charge is 0.492 e. The molecule has 0 amide bonds. The maximum atomic E-state index is 6.15. The van der Waals surface area contributed by atoms with Crippen LogP contribution in [0.1, 0.15) is 32.3 Å². The van der Waals surface area contributed by atoms with Crippen molar-refractivity contribution in [3.8, 4) is 5.75 Å². The van der Waals surface area contributed by atoms with Crippen LogP contribution in [0.3, 0.4) is 0 Å². The minimum Gasteiger partial charge on any atom is -0.492 e. The van der Waals surface area contributed by atoms with Gasteiger partial charge in [-0.15, -0.1) is 0 Å². The molecule has 2 aliphatic heterocycles. The lowest BCUT2D eigenvalue weighted by molar-refractivity contribution is -0.113. The summed E-state index contributed by atoms with van der Waals surface area (Å²) in [6.07, 6.45) is 2.70. The lowest BCUT2D eigenvalue weighted by Crippen LogP contribution is -2.47. The molecule has 0 bridgehead atoms. The molecule has 1 aromatic carbocycles. The van der Waals surface area contributed by atoms with Gasteiger partial charge in [-0.1, -0.05) is 32.0 Å². The van der Waals surface area contributed by atoms with Crippen LogP contribution < -0.4 is 4.74 Å². The number of para-hydroxylation sites is 1. The lowest BCUT2D eigenvalue weighted by Gasteiger charge is -2.40. The molecule has 4 nitrogen and oxygen atoms in total. The molecule has 0 aliphatic carbocycles. The molecule has 3 rings (SSSR count). The molecule has 0 aromatic heterocycles. The lowest BCUT2D eigenvalue weighted by atomic mass is 9.88. The molecule has 0 saturated carbocycles. The average molecular weight is 347 g/mol. The summed E-state index contributed by atoms with van der Waals surface area (Å²) in [7, 11) is 2.19. The van der Waals surface area contributed by atoms with Gasteiger partial charge in [-0.2, -0.15) is 0 Å². The van der Waals surface area contributed by atoms with Crippen LogP contribution in [-0.2, 0) is 11.3 Å². The van der Waals surface area contributed by atoms with Crippen molar-refractivity contribution in [1.29, 1.82) is 0 Å². The van der Waals surface area contributed by atoms with Crippen LogP contribution in [0.4, 0.5) is 0 Å². The van der Waals surface area contributed by atoms with Crippen molar-refractivity contribution in [3.63, 3.8) is 0 Å². The summed E-state index contributed by atoms with van der Waals surface area (Å²) in [5.41, 5.74) is 1.59. The molecular formula is C21H34N2O2. The number of rotatable bonds is 8. The normalized spacial score (nSPS) is 23.4. The van der Waals surface area contributed by atoms with E-state index in [0.717, 1.165) is 51.1 Å². The molecule has 2 aliphatic rings. The van der Waals surface area contributed by atoms with Crippen LogP contribution in [0.5, 0.6) is 5.75 Å². The number of likely N-dealkylation sites (tertiary alicyclic amines) is 1. The Kier molecular flexibility index (Phi) is 6.37. The minimum absolute atomic E-state index is 0.315. The maximum Gasteiger partial charge on any atom is 0.123 e. The van der Waals surface area contributed by atoms with E-state index < -0.39 is 0 Å². The molecule has 1 unspecified atom stereocenters. The number of piperidine rings is 1.